The Morgan fingerprint density at radius 1 is 0.579 bits per heavy atom. The smallest absolute Gasteiger partial charge is 0.240 e. The normalized spacial score (nSPS) is 22.3. The van der Waals surface area contributed by atoms with Crippen LogP contribution in [0.3, 0.4) is 0 Å². The van der Waals surface area contributed by atoms with Crippen LogP contribution in [0.5, 0.6) is 0 Å². The van der Waals surface area contributed by atoms with Gasteiger partial charge in [-0.25, -0.2) is 10.0 Å². The fourth-order valence-electron chi connectivity index (χ4n) is 5.88. The largest absolute Gasteiger partial charge is 0.273 e. The van der Waals surface area contributed by atoms with Crippen LogP contribution in [0.15, 0.2) is 107 Å². The highest BCUT2D eigenvalue weighted by Crippen LogP contribution is 2.39. The first-order valence-corrected chi connectivity index (χ1v) is 12.7. The molecule has 6 heteroatoms. The maximum atomic E-state index is 12.7. The Labute approximate surface area is 220 Å². The molecule has 4 aromatic rings. The van der Waals surface area contributed by atoms with Crippen molar-refractivity contribution in [2.24, 2.45) is 10.2 Å². The minimum atomic E-state index is -0.728. The van der Waals surface area contributed by atoms with Gasteiger partial charge >= 0.3 is 0 Å². The number of carbonyl (C=O) groups is 2. The number of hydrogen-bond acceptors (Lipinski definition) is 4. The van der Waals surface area contributed by atoms with Crippen molar-refractivity contribution < 1.29 is 9.59 Å². The lowest BCUT2D eigenvalue weighted by molar-refractivity contribution is -0.134. The van der Waals surface area contributed by atoms with Crippen LogP contribution >= 0.6 is 0 Å². The van der Waals surface area contributed by atoms with Crippen LogP contribution in [-0.2, 0) is 20.7 Å². The molecule has 2 heterocycles. The number of rotatable bonds is 2. The Bertz CT molecular complexity index is 1690. The molecule has 0 fully saturated rings. The maximum Gasteiger partial charge on any atom is 0.240 e. The molecule has 188 valence electrons. The van der Waals surface area contributed by atoms with E-state index in [2.05, 4.69) is 12.1 Å². The molecule has 0 N–H and O–H groups in total. The second kappa shape index (κ2) is 8.48. The van der Waals surface area contributed by atoms with Gasteiger partial charge in [0.2, 0.25) is 11.8 Å². The molecule has 6 rings (SSSR count). The number of carbonyl (C=O) groups excluding carboxylic acids is 2. The first-order chi connectivity index (χ1) is 18.2. The third kappa shape index (κ3) is 3.33. The number of nitrogens with zero attached hydrogens (tertiary/aromatic N) is 4. The molecular formula is C32H28N4O2. The topological polar surface area (TPSA) is 65.3 Å². The van der Waals surface area contributed by atoms with Gasteiger partial charge in [0.15, 0.2) is 0 Å². The summed E-state index contributed by atoms with van der Waals surface area (Å²) in [6, 6.07) is 32.3. The highest BCUT2D eigenvalue weighted by atomic mass is 16.2. The van der Waals surface area contributed by atoms with Gasteiger partial charge in [-0.3, -0.25) is 9.59 Å². The molecule has 0 bridgehead atoms. The third-order valence-electron chi connectivity index (χ3n) is 7.91. The van der Waals surface area contributed by atoms with E-state index < -0.39 is 11.1 Å². The molecule has 6 nitrogen and oxygen atoms in total. The number of benzene rings is 4. The van der Waals surface area contributed by atoms with Crippen LogP contribution in [0.2, 0.25) is 0 Å². The molecule has 0 aliphatic carbocycles. The van der Waals surface area contributed by atoms with Crippen LogP contribution in [0, 0.1) is 10.4 Å². The monoisotopic (exact) mass is 500 g/mol. The average Bonchev–Trinajstić information content (AvgIpc) is 3.42. The Balaban J connectivity index is 1.60. The molecule has 2 unspecified atom stereocenters. The molecule has 2 atom stereocenters. The van der Waals surface area contributed by atoms with Gasteiger partial charge in [0.25, 0.3) is 0 Å². The van der Waals surface area contributed by atoms with Crippen LogP contribution in [0.25, 0.3) is 0 Å². The molecule has 0 spiro atoms. The summed E-state index contributed by atoms with van der Waals surface area (Å²) in [5.74, 6) is -0.229. The Kier molecular flexibility index (Phi) is 5.31. The standard InChI is InChI=1S/C32H28N4O2/c1-21(37)35-31(3,25-11-7-5-8-12-25)27-19-23(15-17-29(27)33-35)24-16-18-30-28(20-24)32(4,36(34-30)22(2)38)26-13-9-6-10-14-26/h5-20H,1-4H3/b24-23-. The Hall–Kier alpha value is -4.58. The SMILES string of the molecule is CC(=O)N1N=c2cc/c(=c3\ccc4c(c3)C(C)(c3ccccc3)N(C(C)=O)N=4)cc2C1(C)c1ccccc1. The lowest BCUT2D eigenvalue weighted by Crippen LogP contribution is -2.41. The molecule has 0 saturated heterocycles. The summed E-state index contributed by atoms with van der Waals surface area (Å²) in [5.41, 5.74) is 2.48. The molecule has 0 saturated carbocycles. The van der Waals surface area contributed by atoms with Gasteiger partial charge in [0.1, 0.15) is 11.1 Å². The molecular weight excluding hydrogens is 472 g/mol. The van der Waals surface area contributed by atoms with Crippen molar-refractivity contribution in [2.45, 2.75) is 38.8 Å². The van der Waals surface area contributed by atoms with E-state index in [9.17, 15) is 9.59 Å². The molecule has 2 aliphatic rings. The number of amides is 2. The minimum Gasteiger partial charge on any atom is -0.273 e. The van der Waals surface area contributed by atoms with E-state index in [-0.39, 0.29) is 11.8 Å². The van der Waals surface area contributed by atoms with Crippen molar-refractivity contribution in [1.29, 1.82) is 0 Å². The van der Waals surface area contributed by atoms with Crippen molar-refractivity contribution in [1.82, 2.24) is 10.0 Å². The minimum absolute atomic E-state index is 0.115. The van der Waals surface area contributed by atoms with Gasteiger partial charge in [-0.15, -0.1) is 0 Å². The predicted molar refractivity (Wildman–Crippen MR) is 144 cm³/mol. The second-order valence-corrected chi connectivity index (χ2v) is 10.2. The van der Waals surface area contributed by atoms with Gasteiger partial charge in [0, 0.05) is 25.0 Å². The van der Waals surface area contributed by atoms with E-state index in [1.165, 1.54) is 0 Å². The number of fused-ring (bicyclic) bond motifs is 2. The Morgan fingerprint density at radius 2 is 0.947 bits per heavy atom. The van der Waals surface area contributed by atoms with Crippen LogP contribution in [0.4, 0.5) is 0 Å². The van der Waals surface area contributed by atoms with Crippen LogP contribution < -0.4 is 10.7 Å². The van der Waals surface area contributed by atoms with Gasteiger partial charge in [-0.1, -0.05) is 72.8 Å². The zero-order valence-corrected chi connectivity index (χ0v) is 21.8. The van der Waals surface area contributed by atoms with Crippen molar-refractivity contribution in [3.8, 4) is 0 Å². The van der Waals surface area contributed by atoms with Crippen LogP contribution in [-0.4, -0.2) is 21.8 Å². The second-order valence-electron chi connectivity index (χ2n) is 10.2. The molecule has 0 aromatic heterocycles. The predicted octanol–water partition coefficient (Wildman–Crippen LogP) is 4.29. The first kappa shape index (κ1) is 23.8. The highest BCUT2D eigenvalue weighted by Gasteiger charge is 2.44. The van der Waals surface area contributed by atoms with Gasteiger partial charge in [-0.2, -0.15) is 10.2 Å². The molecule has 2 aliphatic heterocycles. The van der Waals surface area contributed by atoms with Crippen molar-refractivity contribution in [2.75, 3.05) is 0 Å². The van der Waals surface area contributed by atoms with Crippen molar-refractivity contribution >= 4 is 11.8 Å². The molecule has 38 heavy (non-hydrogen) atoms. The summed E-state index contributed by atoms with van der Waals surface area (Å²) in [7, 11) is 0. The van der Waals surface area contributed by atoms with Crippen molar-refractivity contribution in [3.63, 3.8) is 0 Å². The summed E-state index contributed by atoms with van der Waals surface area (Å²) < 4.78 is 0. The first-order valence-electron chi connectivity index (χ1n) is 12.7. The van der Waals surface area contributed by atoms with Gasteiger partial charge in [0.05, 0.1) is 10.7 Å². The van der Waals surface area contributed by atoms with E-state index in [4.69, 9.17) is 10.2 Å². The third-order valence-corrected chi connectivity index (χ3v) is 7.91. The summed E-state index contributed by atoms with van der Waals surface area (Å²) in [4.78, 5) is 25.3. The molecule has 4 aromatic carbocycles. The lowest BCUT2D eigenvalue weighted by Gasteiger charge is -2.34. The van der Waals surface area contributed by atoms with E-state index in [1.807, 2.05) is 98.8 Å². The van der Waals surface area contributed by atoms with Gasteiger partial charge in [-0.05, 0) is 59.7 Å². The quantitative estimate of drug-likeness (QED) is 0.412. The van der Waals surface area contributed by atoms with Crippen LogP contribution in [0.1, 0.15) is 49.9 Å². The summed E-state index contributed by atoms with van der Waals surface area (Å²) in [6.45, 7) is 7.18. The van der Waals surface area contributed by atoms with E-state index in [0.29, 0.717) is 0 Å². The molecule has 0 radical (unpaired) electrons. The van der Waals surface area contributed by atoms with Gasteiger partial charge < -0.3 is 0 Å². The molecule has 2 amide bonds. The summed E-state index contributed by atoms with van der Waals surface area (Å²) >= 11 is 0. The maximum absolute atomic E-state index is 12.7. The van der Waals surface area contributed by atoms with E-state index in [0.717, 1.165) is 43.4 Å². The van der Waals surface area contributed by atoms with E-state index >= 15 is 0 Å². The zero-order chi connectivity index (χ0) is 26.7. The summed E-state index contributed by atoms with van der Waals surface area (Å²) in [6.07, 6.45) is 0. The highest BCUT2D eigenvalue weighted by molar-refractivity contribution is 5.76. The average molecular weight is 501 g/mol. The zero-order valence-electron chi connectivity index (χ0n) is 21.8. The fourth-order valence-corrected chi connectivity index (χ4v) is 5.88. The lowest BCUT2D eigenvalue weighted by atomic mass is 9.83. The number of hydrogen-bond donors (Lipinski definition) is 0. The summed E-state index contributed by atoms with van der Waals surface area (Å²) in [5, 5.41) is 16.1. The fraction of sp³-hybridized carbons (Fsp3) is 0.188. The Morgan fingerprint density at radius 3 is 1.29 bits per heavy atom. The van der Waals surface area contributed by atoms with E-state index in [1.54, 1.807) is 23.9 Å². The van der Waals surface area contributed by atoms with Crippen molar-refractivity contribution in [3.05, 3.63) is 140 Å².